The minimum Gasteiger partial charge on any atom is -0.396 e. The molecule has 84 valence electrons. The Morgan fingerprint density at radius 2 is 2.47 bits per heavy atom. The van der Waals surface area contributed by atoms with E-state index in [9.17, 15) is 0 Å². The van der Waals surface area contributed by atoms with E-state index >= 15 is 0 Å². The molecule has 0 bridgehead atoms. The first-order valence-electron chi connectivity index (χ1n) is 5.34. The molecule has 2 nitrogen and oxygen atoms in total. The lowest BCUT2D eigenvalue weighted by atomic mass is 9.99. The van der Waals surface area contributed by atoms with Crippen molar-refractivity contribution < 1.29 is 5.11 Å². The Kier molecular flexibility index (Phi) is 4.20. The molecule has 1 N–H and O–H groups in total. The fourth-order valence-corrected chi connectivity index (χ4v) is 3.33. The minimum atomic E-state index is 0.337. The Morgan fingerprint density at radius 1 is 1.60 bits per heavy atom. The number of piperidine rings is 1. The van der Waals surface area contributed by atoms with Gasteiger partial charge in [-0.05, 0) is 58.2 Å². The van der Waals surface area contributed by atoms with Crippen molar-refractivity contribution in [2.45, 2.75) is 19.4 Å². The van der Waals surface area contributed by atoms with Crippen molar-refractivity contribution >= 4 is 27.3 Å². The van der Waals surface area contributed by atoms with Gasteiger partial charge in [0.2, 0.25) is 0 Å². The van der Waals surface area contributed by atoms with E-state index in [2.05, 4.69) is 32.3 Å². The van der Waals surface area contributed by atoms with Crippen LogP contribution in [-0.4, -0.2) is 29.7 Å². The van der Waals surface area contributed by atoms with Gasteiger partial charge in [-0.1, -0.05) is 0 Å². The van der Waals surface area contributed by atoms with Gasteiger partial charge in [0.15, 0.2) is 0 Å². The largest absolute Gasteiger partial charge is 0.396 e. The number of halogens is 1. The standard InChI is InChI=1S/C11H16BrNOS/c12-11-4-10(8-15-11)6-13-3-1-2-9(5-13)7-14/h4,8-9,14H,1-3,5-7H2. The maximum absolute atomic E-state index is 9.15. The van der Waals surface area contributed by atoms with Crippen LogP contribution in [0.25, 0.3) is 0 Å². The summed E-state index contributed by atoms with van der Waals surface area (Å²) >= 11 is 5.22. The Balaban J connectivity index is 1.88. The average molecular weight is 290 g/mol. The van der Waals surface area contributed by atoms with Crippen LogP contribution in [0, 0.1) is 5.92 Å². The van der Waals surface area contributed by atoms with Crippen LogP contribution in [0.4, 0.5) is 0 Å². The second kappa shape index (κ2) is 5.43. The molecule has 1 fully saturated rings. The zero-order valence-corrected chi connectivity index (χ0v) is 11.1. The van der Waals surface area contributed by atoms with E-state index < -0.39 is 0 Å². The molecule has 0 amide bonds. The Hall–Kier alpha value is 0.100. The third kappa shape index (κ3) is 3.28. The molecule has 0 saturated carbocycles. The van der Waals surface area contributed by atoms with Gasteiger partial charge in [0.05, 0.1) is 3.79 Å². The predicted octanol–water partition coefficient (Wildman–Crippen LogP) is 2.71. The van der Waals surface area contributed by atoms with Crippen molar-refractivity contribution in [1.82, 2.24) is 4.90 Å². The van der Waals surface area contributed by atoms with E-state index in [1.54, 1.807) is 11.3 Å². The highest BCUT2D eigenvalue weighted by Gasteiger charge is 2.19. The molecule has 0 spiro atoms. The molecule has 1 aliphatic heterocycles. The molecule has 1 atom stereocenters. The fraction of sp³-hybridized carbons (Fsp3) is 0.636. The van der Waals surface area contributed by atoms with Gasteiger partial charge in [-0.3, -0.25) is 4.90 Å². The van der Waals surface area contributed by atoms with Crippen molar-refractivity contribution in [3.63, 3.8) is 0 Å². The Bertz CT molecular complexity index is 315. The molecule has 1 aliphatic rings. The van der Waals surface area contributed by atoms with Gasteiger partial charge in [-0.25, -0.2) is 0 Å². The highest BCUT2D eigenvalue weighted by atomic mass is 79.9. The smallest absolute Gasteiger partial charge is 0.0701 e. The number of hydrogen-bond acceptors (Lipinski definition) is 3. The number of nitrogens with zero attached hydrogens (tertiary/aromatic N) is 1. The second-order valence-electron chi connectivity index (χ2n) is 4.19. The summed E-state index contributed by atoms with van der Waals surface area (Å²) in [6.07, 6.45) is 2.40. The summed E-state index contributed by atoms with van der Waals surface area (Å²) in [5, 5.41) is 11.3. The summed E-state index contributed by atoms with van der Waals surface area (Å²) in [5.41, 5.74) is 1.38. The van der Waals surface area contributed by atoms with Crippen LogP contribution in [-0.2, 0) is 6.54 Å². The van der Waals surface area contributed by atoms with Gasteiger partial charge in [-0.15, -0.1) is 11.3 Å². The van der Waals surface area contributed by atoms with Crippen molar-refractivity contribution in [3.8, 4) is 0 Å². The maximum atomic E-state index is 9.15. The van der Waals surface area contributed by atoms with E-state index in [1.807, 2.05) is 0 Å². The molecular formula is C11H16BrNOS. The summed E-state index contributed by atoms with van der Waals surface area (Å²) < 4.78 is 1.20. The molecule has 4 heteroatoms. The molecule has 1 unspecified atom stereocenters. The number of aliphatic hydroxyl groups excluding tert-OH is 1. The summed E-state index contributed by atoms with van der Waals surface area (Å²) in [6, 6.07) is 2.19. The summed E-state index contributed by atoms with van der Waals surface area (Å²) in [6.45, 7) is 3.58. The van der Waals surface area contributed by atoms with Gasteiger partial charge < -0.3 is 5.11 Å². The Morgan fingerprint density at radius 3 is 3.13 bits per heavy atom. The number of rotatable bonds is 3. The zero-order valence-electron chi connectivity index (χ0n) is 8.66. The fourth-order valence-electron chi connectivity index (χ4n) is 2.13. The predicted molar refractivity (Wildman–Crippen MR) is 67.1 cm³/mol. The molecule has 1 aromatic heterocycles. The van der Waals surface area contributed by atoms with Gasteiger partial charge in [0.1, 0.15) is 0 Å². The first-order valence-corrected chi connectivity index (χ1v) is 7.01. The highest BCUT2D eigenvalue weighted by molar-refractivity contribution is 9.11. The number of likely N-dealkylation sites (tertiary alicyclic amines) is 1. The molecular weight excluding hydrogens is 274 g/mol. The number of hydrogen-bond donors (Lipinski definition) is 1. The normalized spacial score (nSPS) is 23.2. The molecule has 0 radical (unpaired) electrons. The minimum absolute atomic E-state index is 0.337. The zero-order chi connectivity index (χ0) is 10.7. The lowest BCUT2D eigenvalue weighted by molar-refractivity contribution is 0.116. The SMILES string of the molecule is OCC1CCCN(Cc2csc(Br)c2)C1. The molecule has 0 aliphatic carbocycles. The molecule has 1 saturated heterocycles. The summed E-state index contributed by atoms with van der Waals surface area (Å²) in [7, 11) is 0. The van der Waals surface area contributed by atoms with Crippen molar-refractivity contribution in [2.75, 3.05) is 19.7 Å². The molecule has 1 aromatic rings. The highest BCUT2D eigenvalue weighted by Crippen LogP contribution is 2.23. The van der Waals surface area contributed by atoms with Crippen LogP contribution in [0.3, 0.4) is 0 Å². The summed E-state index contributed by atoms with van der Waals surface area (Å²) in [5.74, 6) is 0.487. The van der Waals surface area contributed by atoms with E-state index in [0.717, 1.165) is 13.1 Å². The molecule has 15 heavy (non-hydrogen) atoms. The van der Waals surface area contributed by atoms with Gasteiger partial charge >= 0.3 is 0 Å². The van der Waals surface area contributed by atoms with Crippen molar-refractivity contribution in [3.05, 3.63) is 20.8 Å². The third-order valence-corrected chi connectivity index (χ3v) is 4.44. The molecule has 0 aromatic carbocycles. The summed E-state index contributed by atoms with van der Waals surface area (Å²) in [4.78, 5) is 2.44. The molecule has 2 heterocycles. The monoisotopic (exact) mass is 289 g/mol. The van der Waals surface area contributed by atoms with E-state index in [0.29, 0.717) is 12.5 Å². The molecule has 2 rings (SSSR count). The topological polar surface area (TPSA) is 23.5 Å². The lowest BCUT2D eigenvalue weighted by Gasteiger charge is -2.31. The maximum Gasteiger partial charge on any atom is 0.0701 e. The van der Waals surface area contributed by atoms with Crippen LogP contribution in [0.15, 0.2) is 15.2 Å². The van der Waals surface area contributed by atoms with E-state index in [-0.39, 0.29) is 0 Å². The average Bonchev–Trinajstić information content (AvgIpc) is 2.64. The van der Waals surface area contributed by atoms with Crippen LogP contribution < -0.4 is 0 Å². The second-order valence-corrected chi connectivity index (χ2v) is 6.48. The third-order valence-electron chi connectivity index (χ3n) is 2.89. The van der Waals surface area contributed by atoms with Gasteiger partial charge in [0.25, 0.3) is 0 Å². The van der Waals surface area contributed by atoms with Gasteiger partial charge in [0, 0.05) is 19.7 Å². The number of thiophene rings is 1. The van der Waals surface area contributed by atoms with Crippen LogP contribution >= 0.6 is 27.3 Å². The van der Waals surface area contributed by atoms with Crippen LogP contribution in [0.1, 0.15) is 18.4 Å². The first-order chi connectivity index (χ1) is 7.28. The first kappa shape index (κ1) is 11.6. The van der Waals surface area contributed by atoms with Gasteiger partial charge in [-0.2, -0.15) is 0 Å². The van der Waals surface area contributed by atoms with Crippen LogP contribution in [0.2, 0.25) is 0 Å². The quantitative estimate of drug-likeness (QED) is 0.925. The lowest BCUT2D eigenvalue weighted by Crippen LogP contribution is -2.36. The van der Waals surface area contributed by atoms with E-state index in [1.165, 1.54) is 28.7 Å². The van der Waals surface area contributed by atoms with Crippen molar-refractivity contribution in [1.29, 1.82) is 0 Å². The number of aliphatic hydroxyl groups is 1. The Labute approximate surface area is 103 Å². The van der Waals surface area contributed by atoms with E-state index in [4.69, 9.17) is 5.11 Å². The van der Waals surface area contributed by atoms with Crippen molar-refractivity contribution in [2.24, 2.45) is 5.92 Å². The van der Waals surface area contributed by atoms with Crippen LogP contribution in [0.5, 0.6) is 0 Å².